The molecule has 7 nitrogen and oxygen atoms in total. The van der Waals surface area contributed by atoms with Gasteiger partial charge in [-0.2, -0.15) is 0 Å². The van der Waals surface area contributed by atoms with Crippen LogP contribution in [-0.2, 0) is 19.1 Å². The molecular formula is C17H31NO6S2. The Hall–Kier alpha value is -0.930. The number of nitrogens with zero attached hydrogens (tertiary/aromatic N) is 1. The molecule has 1 rings (SSSR count). The predicted octanol–water partition coefficient (Wildman–Crippen LogP) is 1.55. The Morgan fingerprint density at radius 3 is 2.35 bits per heavy atom. The van der Waals surface area contributed by atoms with Gasteiger partial charge in [-0.3, -0.25) is 9.59 Å². The Labute approximate surface area is 163 Å². The first-order chi connectivity index (χ1) is 12.0. The van der Waals surface area contributed by atoms with E-state index in [1.165, 1.54) is 25.5 Å². The molecule has 0 bridgehead atoms. The maximum atomic E-state index is 10.7. The highest BCUT2D eigenvalue weighted by molar-refractivity contribution is 8.77. The van der Waals surface area contributed by atoms with Gasteiger partial charge in [-0.1, -0.05) is 28.0 Å². The van der Waals surface area contributed by atoms with E-state index in [9.17, 15) is 19.5 Å². The SMILES string of the molecule is CC(=O)O[C@H](CC(=O)[O-])C[N+](C)(C)C.O=C(O)CCCC[C@@H]1CCSS1. The second kappa shape index (κ2) is 13.3. The summed E-state index contributed by atoms with van der Waals surface area (Å²) in [5.41, 5.74) is 0. The van der Waals surface area contributed by atoms with Crippen molar-refractivity contribution in [3.8, 4) is 0 Å². The fraction of sp³-hybridized carbons (Fsp3) is 0.824. The fourth-order valence-electron chi connectivity index (χ4n) is 2.39. The van der Waals surface area contributed by atoms with Gasteiger partial charge in [0.05, 0.1) is 21.1 Å². The van der Waals surface area contributed by atoms with E-state index in [0.717, 1.165) is 18.1 Å². The molecule has 1 N–H and O–H groups in total. The lowest BCUT2D eigenvalue weighted by Gasteiger charge is -2.28. The third-order valence-corrected chi connectivity index (χ3v) is 6.38. The Balaban J connectivity index is 0.000000485. The normalized spacial score (nSPS) is 17.8. The number of esters is 1. The zero-order valence-corrected chi connectivity index (χ0v) is 17.7. The molecule has 0 aliphatic carbocycles. The van der Waals surface area contributed by atoms with Crippen molar-refractivity contribution < 1.29 is 33.8 Å². The molecule has 0 aromatic heterocycles. The number of likely N-dealkylation sites (N-methyl/N-ethyl adjacent to an activating group) is 1. The average molecular weight is 410 g/mol. The van der Waals surface area contributed by atoms with E-state index in [1.807, 2.05) is 42.7 Å². The van der Waals surface area contributed by atoms with Crippen molar-refractivity contribution in [2.45, 2.75) is 56.8 Å². The van der Waals surface area contributed by atoms with Crippen LogP contribution in [0.3, 0.4) is 0 Å². The summed E-state index contributed by atoms with van der Waals surface area (Å²) in [7, 11) is 9.60. The van der Waals surface area contributed by atoms with Crippen LogP contribution >= 0.6 is 21.6 Å². The van der Waals surface area contributed by atoms with Crippen molar-refractivity contribution in [1.29, 1.82) is 0 Å². The van der Waals surface area contributed by atoms with Gasteiger partial charge in [0.25, 0.3) is 0 Å². The molecule has 1 fully saturated rings. The van der Waals surface area contributed by atoms with Gasteiger partial charge in [-0.05, 0) is 19.3 Å². The highest BCUT2D eigenvalue weighted by Gasteiger charge is 2.20. The third kappa shape index (κ3) is 16.5. The first-order valence-corrected chi connectivity index (χ1v) is 11.1. The molecule has 0 aromatic carbocycles. The van der Waals surface area contributed by atoms with Crippen LogP contribution in [0.1, 0.15) is 45.4 Å². The van der Waals surface area contributed by atoms with Gasteiger partial charge >= 0.3 is 11.9 Å². The third-order valence-electron chi connectivity index (χ3n) is 3.37. The Bertz CT molecular complexity index is 431. The van der Waals surface area contributed by atoms with Crippen LogP contribution in [0.2, 0.25) is 0 Å². The smallest absolute Gasteiger partial charge is 0.303 e. The fourth-order valence-corrected chi connectivity index (χ4v) is 5.42. The molecule has 9 heteroatoms. The van der Waals surface area contributed by atoms with Crippen molar-refractivity contribution in [3.05, 3.63) is 0 Å². The molecule has 0 amide bonds. The molecule has 0 aromatic rings. The van der Waals surface area contributed by atoms with E-state index in [2.05, 4.69) is 0 Å². The minimum atomic E-state index is -1.20. The minimum absolute atomic E-state index is 0.255. The van der Waals surface area contributed by atoms with Gasteiger partial charge in [0.2, 0.25) is 0 Å². The highest BCUT2D eigenvalue weighted by Crippen LogP contribution is 2.39. The average Bonchev–Trinajstić information content (AvgIpc) is 2.93. The minimum Gasteiger partial charge on any atom is -0.550 e. The predicted molar refractivity (Wildman–Crippen MR) is 103 cm³/mol. The summed E-state index contributed by atoms with van der Waals surface area (Å²) in [6.07, 6.45) is 3.90. The van der Waals surface area contributed by atoms with Crippen LogP contribution < -0.4 is 5.11 Å². The highest BCUT2D eigenvalue weighted by atomic mass is 33.1. The molecule has 0 spiro atoms. The van der Waals surface area contributed by atoms with Gasteiger partial charge in [0.15, 0.2) is 6.10 Å². The summed E-state index contributed by atoms with van der Waals surface area (Å²) in [4.78, 5) is 31.2. The van der Waals surface area contributed by atoms with Crippen molar-refractivity contribution in [1.82, 2.24) is 0 Å². The van der Waals surface area contributed by atoms with Crippen LogP contribution in [0.25, 0.3) is 0 Å². The molecular weight excluding hydrogens is 378 g/mol. The number of rotatable bonds is 10. The number of hydrogen-bond acceptors (Lipinski definition) is 7. The summed E-state index contributed by atoms with van der Waals surface area (Å²) in [6, 6.07) is 0. The summed E-state index contributed by atoms with van der Waals surface area (Å²) < 4.78 is 5.39. The molecule has 152 valence electrons. The van der Waals surface area contributed by atoms with Gasteiger partial charge < -0.3 is 24.2 Å². The Morgan fingerprint density at radius 2 is 1.92 bits per heavy atom. The second-order valence-electron chi connectivity index (χ2n) is 7.25. The standard InChI is InChI=1S/C9H17NO4.C8H14O2S2/c1-7(11)14-8(5-9(12)13)6-10(2,3)4;9-8(10)4-2-1-3-7-5-6-11-12-7/h8H,5-6H2,1-4H3;7H,1-6H2,(H,9,10)/t8-;7-/m11/s1. The van der Waals surface area contributed by atoms with E-state index in [1.54, 1.807) is 0 Å². The molecule has 1 saturated heterocycles. The number of hydrogen-bond donors (Lipinski definition) is 1. The maximum absolute atomic E-state index is 10.7. The second-order valence-corrected chi connectivity index (χ2v) is 10.0. The zero-order chi connectivity index (χ0) is 20.2. The summed E-state index contributed by atoms with van der Waals surface area (Å²) in [6.45, 7) is 1.71. The molecule has 1 aliphatic rings. The Morgan fingerprint density at radius 1 is 1.27 bits per heavy atom. The van der Waals surface area contributed by atoms with Gasteiger partial charge in [0, 0.05) is 36.7 Å². The number of ether oxygens (including phenoxy) is 1. The van der Waals surface area contributed by atoms with E-state index < -0.39 is 24.0 Å². The van der Waals surface area contributed by atoms with E-state index in [4.69, 9.17) is 9.84 Å². The number of unbranched alkanes of at least 4 members (excludes halogenated alkanes) is 1. The van der Waals surface area contributed by atoms with Gasteiger partial charge in [-0.25, -0.2) is 0 Å². The topological polar surface area (TPSA) is 104 Å². The molecule has 26 heavy (non-hydrogen) atoms. The lowest BCUT2D eigenvalue weighted by atomic mass is 10.1. The lowest BCUT2D eigenvalue weighted by molar-refractivity contribution is -0.873. The van der Waals surface area contributed by atoms with Crippen molar-refractivity contribution in [3.63, 3.8) is 0 Å². The molecule has 2 atom stereocenters. The number of carboxylic acids is 2. The lowest BCUT2D eigenvalue weighted by Crippen LogP contribution is -2.45. The van der Waals surface area contributed by atoms with Crippen molar-refractivity contribution >= 4 is 39.5 Å². The molecule has 1 aliphatic heterocycles. The molecule has 0 unspecified atom stereocenters. The van der Waals surface area contributed by atoms with Crippen molar-refractivity contribution in [2.24, 2.45) is 0 Å². The van der Waals surface area contributed by atoms with Crippen molar-refractivity contribution in [2.75, 3.05) is 33.4 Å². The van der Waals surface area contributed by atoms with Crippen LogP contribution in [0.5, 0.6) is 0 Å². The maximum Gasteiger partial charge on any atom is 0.303 e. The van der Waals surface area contributed by atoms with Crippen LogP contribution in [0, 0.1) is 0 Å². The van der Waals surface area contributed by atoms with Crippen LogP contribution in [0.4, 0.5) is 0 Å². The number of carbonyl (C=O) groups excluding carboxylic acids is 2. The summed E-state index contributed by atoms with van der Waals surface area (Å²) in [5, 5.41) is 19.6. The van der Waals surface area contributed by atoms with Crippen LogP contribution in [0.15, 0.2) is 0 Å². The van der Waals surface area contributed by atoms with E-state index in [-0.39, 0.29) is 6.42 Å². The quantitative estimate of drug-likeness (QED) is 0.251. The first-order valence-electron chi connectivity index (χ1n) is 8.67. The van der Waals surface area contributed by atoms with Gasteiger partial charge in [-0.15, -0.1) is 0 Å². The molecule has 0 radical (unpaired) electrons. The number of aliphatic carboxylic acids is 2. The number of carbonyl (C=O) groups is 3. The largest absolute Gasteiger partial charge is 0.550 e. The van der Waals surface area contributed by atoms with Crippen LogP contribution in [-0.4, -0.2) is 72.3 Å². The molecule has 0 saturated carbocycles. The van der Waals surface area contributed by atoms with E-state index in [0.29, 0.717) is 17.4 Å². The summed E-state index contributed by atoms with van der Waals surface area (Å²) in [5.74, 6) is -1.06. The first kappa shape index (κ1) is 25.1. The Kier molecular flexibility index (Phi) is 12.8. The number of quaternary nitrogens is 1. The number of carboxylic acid groups (broad SMARTS) is 2. The summed E-state index contributed by atoms with van der Waals surface area (Å²) >= 11 is 0. The van der Waals surface area contributed by atoms with Gasteiger partial charge in [0.1, 0.15) is 6.54 Å². The monoisotopic (exact) mass is 409 g/mol. The van der Waals surface area contributed by atoms with E-state index >= 15 is 0 Å². The zero-order valence-electron chi connectivity index (χ0n) is 16.1. The molecule has 1 heterocycles.